The molecule has 1 amide bonds. The van der Waals surface area contributed by atoms with E-state index in [1.54, 1.807) is 16.7 Å². The van der Waals surface area contributed by atoms with E-state index in [0.717, 1.165) is 28.1 Å². The van der Waals surface area contributed by atoms with E-state index in [1.165, 1.54) is 33.8 Å². The second-order valence-corrected chi connectivity index (χ2v) is 8.33. The van der Waals surface area contributed by atoms with Gasteiger partial charge >= 0.3 is 11.0 Å². The fourth-order valence-corrected chi connectivity index (χ4v) is 5.16. The van der Waals surface area contributed by atoms with Crippen molar-refractivity contribution in [3.05, 3.63) is 49.4 Å². The molecular formula is C19H21ClN2O3S2. The van der Waals surface area contributed by atoms with Gasteiger partial charge in [-0.2, -0.15) is 0 Å². The van der Waals surface area contributed by atoms with Crippen LogP contribution in [0.25, 0.3) is 10.2 Å². The number of aryl methyl sites for hydroxylation is 2. The first kappa shape index (κ1) is 19.9. The van der Waals surface area contributed by atoms with Crippen LogP contribution in [-0.4, -0.2) is 17.3 Å². The molecule has 0 radical (unpaired) electrons. The molecule has 0 saturated heterocycles. The molecule has 0 saturated carbocycles. The van der Waals surface area contributed by atoms with Crippen molar-refractivity contribution in [1.29, 1.82) is 0 Å². The molecular weight excluding hydrogens is 404 g/mol. The molecule has 0 aliphatic rings. The summed E-state index contributed by atoms with van der Waals surface area (Å²) >= 11 is 8.75. The number of hydrogen-bond acceptors (Lipinski definition) is 5. The molecule has 0 aliphatic heterocycles. The topological polar surface area (TPSA) is 60.3 Å². The van der Waals surface area contributed by atoms with Crippen LogP contribution in [0.4, 0.5) is 9.80 Å². The Kier molecular flexibility index (Phi) is 6.57. The van der Waals surface area contributed by atoms with Crippen LogP contribution >= 0.6 is 34.3 Å². The van der Waals surface area contributed by atoms with E-state index in [2.05, 4.69) is 24.5 Å². The SMILES string of the molecule is CCc1csc(NC(=O)OCCCn2c(=O)sc3ccc(Cl)cc32)c1CC. The molecule has 3 aromatic rings. The van der Waals surface area contributed by atoms with Crippen LogP contribution in [0.15, 0.2) is 28.4 Å². The number of anilines is 1. The van der Waals surface area contributed by atoms with Crippen LogP contribution in [0, 0.1) is 0 Å². The highest BCUT2D eigenvalue weighted by Gasteiger charge is 2.13. The van der Waals surface area contributed by atoms with E-state index in [0.29, 0.717) is 18.0 Å². The molecule has 144 valence electrons. The highest BCUT2D eigenvalue weighted by atomic mass is 35.5. The van der Waals surface area contributed by atoms with E-state index < -0.39 is 6.09 Å². The second-order valence-electron chi connectivity index (χ2n) is 6.02. The number of halogens is 1. The third-order valence-electron chi connectivity index (χ3n) is 4.32. The lowest BCUT2D eigenvalue weighted by Crippen LogP contribution is -2.17. The maximum atomic E-state index is 12.1. The molecule has 0 spiro atoms. The number of thiazole rings is 1. The predicted octanol–water partition coefficient (Wildman–Crippen LogP) is 5.54. The van der Waals surface area contributed by atoms with Gasteiger partial charge in [0.05, 0.1) is 16.8 Å². The smallest absolute Gasteiger partial charge is 0.412 e. The Morgan fingerprint density at radius 3 is 2.85 bits per heavy atom. The lowest BCUT2D eigenvalue weighted by molar-refractivity contribution is 0.158. The average Bonchev–Trinajstić information content (AvgIpc) is 3.18. The lowest BCUT2D eigenvalue weighted by atomic mass is 10.1. The summed E-state index contributed by atoms with van der Waals surface area (Å²) in [6, 6.07) is 5.41. The molecule has 0 bridgehead atoms. The van der Waals surface area contributed by atoms with Crippen LogP contribution in [0.3, 0.4) is 0 Å². The third-order valence-corrected chi connectivity index (χ3v) is 6.50. The number of fused-ring (bicyclic) bond motifs is 1. The Morgan fingerprint density at radius 1 is 1.30 bits per heavy atom. The highest BCUT2D eigenvalue weighted by molar-refractivity contribution is 7.16. The monoisotopic (exact) mass is 424 g/mol. The molecule has 0 aliphatic carbocycles. The van der Waals surface area contributed by atoms with Gasteiger partial charge in [-0.15, -0.1) is 11.3 Å². The molecule has 0 atom stereocenters. The van der Waals surface area contributed by atoms with E-state index >= 15 is 0 Å². The molecule has 5 nitrogen and oxygen atoms in total. The molecule has 8 heteroatoms. The Balaban J connectivity index is 1.54. The number of thiophene rings is 1. The van der Waals surface area contributed by atoms with Gasteiger partial charge in [0.1, 0.15) is 5.00 Å². The zero-order valence-corrected chi connectivity index (χ0v) is 17.6. The first-order chi connectivity index (χ1) is 13.0. The summed E-state index contributed by atoms with van der Waals surface area (Å²) in [5.41, 5.74) is 3.26. The number of rotatable bonds is 7. The fourth-order valence-electron chi connectivity index (χ4n) is 2.97. The van der Waals surface area contributed by atoms with Gasteiger partial charge < -0.3 is 4.74 Å². The van der Waals surface area contributed by atoms with Gasteiger partial charge in [0, 0.05) is 11.6 Å². The van der Waals surface area contributed by atoms with Crippen LogP contribution in [0.5, 0.6) is 0 Å². The van der Waals surface area contributed by atoms with Gasteiger partial charge in [-0.3, -0.25) is 14.7 Å². The number of carbonyl (C=O) groups is 1. The van der Waals surface area contributed by atoms with Crippen LogP contribution in [0.2, 0.25) is 5.02 Å². The molecule has 1 aromatic carbocycles. The standard InChI is InChI=1S/C19H21ClN2O3S2/c1-3-12-11-26-17(14(12)4-2)21-18(23)25-9-5-8-22-15-10-13(20)6-7-16(15)27-19(22)24/h6-7,10-11H,3-5,8-9H2,1-2H3,(H,21,23). The fraction of sp³-hybridized carbons (Fsp3) is 0.368. The van der Waals surface area contributed by atoms with Crippen molar-refractivity contribution in [2.75, 3.05) is 11.9 Å². The lowest BCUT2D eigenvalue weighted by Gasteiger charge is -2.08. The number of nitrogens with one attached hydrogen (secondary N) is 1. The van der Waals surface area contributed by atoms with Crippen LogP contribution < -0.4 is 10.2 Å². The molecule has 0 fully saturated rings. The minimum absolute atomic E-state index is 0.0324. The number of aromatic nitrogens is 1. The summed E-state index contributed by atoms with van der Waals surface area (Å²) in [5, 5.41) is 6.36. The Morgan fingerprint density at radius 2 is 2.11 bits per heavy atom. The third kappa shape index (κ3) is 4.54. The van der Waals surface area contributed by atoms with Crippen LogP contribution in [-0.2, 0) is 24.1 Å². The van der Waals surface area contributed by atoms with Crippen molar-refractivity contribution in [2.24, 2.45) is 0 Å². The van der Waals surface area contributed by atoms with E-state index in [4.69, 9.17) is 16.3 Å². The Bertz CT molecular complexity index is 1010. The van der Waals surface area contributed by atoms with E-state index in [1.807, 2.05) is 6.07 Å². The number of benzene rings is 1. The zero-order valence-electron chi connectivity index (χ0n) is 15.2. The quantitative estimate of drug-likeness (QED) is 0.506. The van der Waals surface area contributed by atoms with Crippen molar-refractivity contribution < 1.29 is 9.53 Å². The van der Waals surface area contributed by atoms with Gasteiger partial charge in [0.15, 0.2) is 0 Å². The van der Waals surface area contributed by atoms with Gasteiger partial charge in [0.25, 0.3) is 0 Å². The van der Waals surface area contributed by atoms with Crippen molar-refractivity contribution in [3.63, 3.8) is 0 Å². The first-order valence-electron chi connectivity index (χ1n) is 8.85. The van der Waals surface area contributed by atoms with E-state index in [-0.39, 0.29) is 11.5 Å². The van der Waals surface area contributed by atoms with Gasteiger partial charge in [-0.25, -0.2) is 4.79 Å². The number of carbonyl (C=O) groups excluding carboxylic acids is 1. The van der Waals surface area contributed by atoms with Gasteiger partial charge in [-0.1, -0.05) is 36.8 Å². The van der Waals surface area contributed by atoms with E-state index in [9.17, 15) is 9.59 Å². The van der Waals surface area contributed by atoms with Crippen LogP contribution in [0.1, 0.15) is 31.4 Å². The summed E-state index contributed by atoms with van der Waals surface area (Å²) in [6.45, 7) is 4.90. The maximum absolute atomic E-state index is 12.1. The summed E-state index contributed by atoms with van der Waals surface area (Å²) in [7, 11) is 0. The predicted molar refractivity (Wildman–Crippen MR) is 114 cm³/mol. The minimum atomic E-state index is -0.459. The number of ether oxygens (including phenoxy) is 1. The summed E-state index contributed by atoms with van der Waals surface area (Å²) in [5.74, 6) is 0. The van der Waals surface area contributed by atoms with Crippen molar-refractivity contribution >= 4 is 55.6 Å². The minimum Gasteiger partial charge on any atom is -0.449 e. The van der Waals surface area contributed by atoms with Gasteiger partial charge in [0.2, 0.25) is 0 Å². The molecule has 0 unspecified atom stereocenters. The average molecular weight is 425 g/mol. The summed E-state index contributed by atoms with van der Waals surface area (Å²) in [6.07, 6.45) is 1.92. The van der Waals surface area contributed by atoms with Crippen molar-refractivity contribution in [2.45, 2.75) is 39.7 Å². The number of nitrogens with zero attached hydrogens (tertiary/aromatic N) is 1. The molecule has 3 rings (SSSR count). The number of hydrogen-bond donors (Lipinski definition) is 1. The second kappa shape index (κ2) is 8.91. The van der Waals surface area contributed by atoms with Gasteiger partial charge in [-0.05, 0) is 54.0 Å². The molecule has 2 heterocycles. The molecule has 27 heavy (non-hydrogen) atoms. The highest BCUT2D eigenvalue weighted by Crippen LogP contribution is 2.29. The van der Waals surface area contributed by atoms with Crippen molar-refractivity contribution in [1.82, 2.24) is 4.57 Å². The molecule has 1 N–H and O–H groups in total. The Hall–Kier alpha value is -1.83. The maximum Gasteiger partial charge on any atom is 0.412 e. The summed E-state index contributed by atoms with van der Waals surface area (Å²) < 4.78 is 7.86. The normalized spacial score (nSPS) is 11.1. The molecule has 2 aromatic heterocycles. The Labute approximate surface area is 170 Å². The number of amides is 1. The summed E-state index contributed by atoms with van der Waals surface area (Å²) in [4.78, 5) is 24.2. The largest absolute Gasteiger partial charge is 0.449 e. The first-order valence-corrected chi connectivity index (χ1v) is 10.9. The zero-order chi connectivity index (χ0) is 19.4. The van der Waals surface area contributed by atoms with Crippen molar-refractivity contribution in [3.8, 4) is 0 Å².